The van der Waals surface area contributed by atoms with Gasteiger partial charge >= 0.3 is 0 Å². The van der Waals surface area contributed by atoms with Crippen LogP contribution in [0, 0.1) is 6.92 Å². The number of ketones is 1. The summed E-state index contributed by atoms with van der Waals surface area (Å²) in [5.41, 5.74) is 0.929. The maximum Gasteiger partial charge on any atom is 0.182 e. The summed E-state index contributed by atoms with van der Waals surface area (Å²) in [6, 6.07) is -0.176. The standard InChI is InChI=1S/C10H17N3OS/c1-6-9(15-10(11-3)12-6)8(7(2)14)13(4)5/h8H,1-5H3,(H,11,12). The van der Waals surface area contributed by atoms with Gasteiger partial charge in [-0.05, 0) is 27.9 Å². The molecule has 1 heterocycles. The molecule has 0 fully saturated rings. The number of rotatable bonds is 4. The first kappa shape index (κ1) is 12.1. The van der Waals surface area contributed by atoms with E-state index in [9.17, 15) is 4.79 Å². The molecule has 0 aromatic carbocycles. The highest BCUT2D eigenvalue weighted by Gasteiger charge is 2.24. The van der Waals surface area contributed by atoms with Gasteiger partial charge in [-0.3, -0.25) is 9.69 Å². The lowest BCUT2D eigenvalue weighted by atomic mass is 10.1. The Labute approximate surface area is 94.3 Å². The van der Waals surface area contributed by atoms with Crippen molar-refractivity contribution in [3.63, 3.8) is 0 Å². The molecule has 1 aromatic heterocycles. The highest BCUT2D eigenvalue weighted by atomic mass is 32.1. The molecule has 0 bridgehead atoms. The molecule has 0 saturated heterocycles. The maximum atomic E-state index is 11.6. The first-order chi connectivity index (χ1) is 6.97. The summed E-state index contributed by atoms with van der Waals surface area (Å²) in [6.07, 6.45) is 0. The zero-order valence-electron chi connectivity index (χ0n) is 9.79. The van der Waals surface area contributed by atoms with Gasteiger partial charge in [0.1, 0.15) is 6.04 Å². The van der Waals surface area contributed by atoms with Crippen LogP contribution in [0.3, 0.4) is 0 Å². The predicted molar refractivity (Wildman–Crippen MR) is 63.5 cm³/mol. The van der Waals surface area contributed by atoms with Gasteiger partial charge in [0.2, 0.25) is 0 Å². The number of nitrogens with zero attached hydrogens (tertiary/aromatic N) is 2. The van der Waals surface area contributed by atoms with Crippen molar-refractivity contribution in [2.45, 2.75) is 19.9 Å². The summed E-state index contributed by atoms with van der Waals surface area (Å²) in [6.45, 7) is 3.55. The Bertz CT molecular complexity index is 360. The van der Waals surface area contributed by atoms with Crippen LogP contribution >= 0.6 is 11.3 Å². The molecular weight excluding hydrogens is 210 g/mol. The number of likely N-dealkylation sites (N-methyl/N-ethyl adjacent to an activating group) is 1. The first-order valence-electron chi connectivity index (χ1n) is 4.79. The quantitative estimate of drug-likeness (QED) is 0.850. The number of carbonyl (C=O) groups excluding carboxylic acids is 1. The molecule has 0 aliphatic carbocycles. The van der Waals surface area contributed by atoms with Gasteiger partial charge < -0.3 is 5.32 Å². The van der Waals surface area contributed by atoms with Crippen molar-refractivity contribution in [3.05, 3.63) is 10.6 Å². The zero-order valence-corrected chi connectivity index (χ0v) is 10.6. The average molecular weight is 227 g/mol. The van der Waals surface area contributed by atoms with Crippen molar-refractivity contribution >= 4 is 22.3 Å². The highest BCUT2D eigenvalue weighted by Crippen LogP contribution is 2.31. The van der Waals surface area contributed by atoms with E-state index in [1.165, 1.54) is 11.3 Å². The minimum absolute atomic E-state index is 0.148. The SMILES string of the molecule is CNc1nc(C)c(C(C(C)=O)N(C)C)s1. The Morgan fingerprint density at radius 3 is 2.47 bits per heavy atom. The van der Waals surface area contributed by atoms with Crippen molar-refractivity contribution in [2.75, 3.05) is 26.5 Å². The number of nitrogens with one attached hydrogen (secondary N) is 1. The molecule has 0 amide bonds. The fourth-order valence-corrected chi connectivity index (χ4v) is 2.73. The van der Waals surface area contributed by atoms with E-state index in [1.807, 2.05) is 33.0 Å². The molecule has 15 heavy (non-hydrogen) atoms. The van der Waals surface area contributed by atoms with Crippen LogP contribution in [0.1, 0.15) is 23.5 Å². The van der Waals surface area contributed by atoms with E-state index in [0.29, 0.717) is 0 Å². The second kappa shape index (κ2) is 4.72. The van der Waals surface area contributed by atoms with Crippen LogP contribution in [0.25, 0.3) is 0 Å². The molecule has 84 valence electrons. The van der Waals surface area contributed by atoms with Gasteiger partial charge in [-0.2, -0.15) is 0 Å². The summed E-state index contributed by atoms with van der Waals surface area (Å²) in [7, 11) is 5.65. The van der Waals surface area contributed by atoms with Crippen molar-refractivity contribution in [1.82, 2.24) is 9.88 Å². The number of anilines is 1. The molecule has 1 N–H and O–H groups in total. The summed E-state index contributed by atoms with van der Waals surface area (Å²) in [5.74, 6) is 0.148. The number of hydrogen-bond acceptors (Lipinski definition) is 5. The van der Waals surface area contributed by atoms with Crippen LogP contribution in [-0.2, 0) is 4.79 Å². The van der Waals surface area contributed by atoms with Crippen molar-refractivity contribution in [3.8, 4) is 0 Å². The third-order valence-corrected chi connectivity index (χ3v) is 3.42. The van der Waals surface area contributed by atoms with Gasteiger partial charge in [-0.15, -0.1) is 0 Å². The van der Waals surface area contributed by atoms with E-state index in [-0.39, 0.29) is 11.8 Å². The van der Waals surface area contributed by atoms with Gasteiger partial charge in [-0.25, -0.2) is 4.98 Å². The first-order valence-corrected chi connectivity index (χ1v) is 5.61. The van der Waals surface area contributed by atoms with Gasteiger partial charge in [0.25, 0.3) is 0 Å². The topological polar surface area (TPSA) is 45.2 Å². The maximum absolute atomic E-state index is 11.6. The molecular formula is C10H17N3OS. The highest BCUT2D eigenvalue weighted by molar-refractivity contribution is 7.15. The molecule has 1 unspecified atom stereocenters. The van der Waals surface area contributed by atoms with E-state index in [2.05, 4.69) is 10.3 Å². The summed E-state index contributed by atoms with van der Waals surface area (Å²) in [4.78, 5) is 18.8. The van der Waals surface area contributed by atoms with Crippen LogP contribution in [0.5, 0.6) is 0 Å². The molecule has 4 nitrogen and oxygen atoms in total. The fraction of sp³-hybridized carbons (Fsp3) is 0.600. The molecule has 0 spiro atoms. The molecule has 1 rings (SSSR count). The zero-order chi connectivity index (χ0) is 11.6. The van der Waals surface area contributed by atoms with Crippen molar-refractivity contribution in [1.29, 1.82) is 0 Å². The van der Waals surface area contributed by atoms with Gasteiger partial charge in [-0.1, -0.05) is 11.3 Å². The number of hydrogen-bond donors (Lipinski definition) is 1. The lowest BCUT2D eigenvalue weighted by Gasteiger charge is -2.20. The van der Waals surface area contributed by atoms with E-state index in [0.717, 1.165) is 15.7 Å². The van der Waals surface area contributed by atoms with E-state index in [1.54, 1.807) is 6.92 Å². The summed E-state index contributed by atoms with van der Waals surface area (Å²) >= 11 is 1.54. The Balaban J connectivity index is 3.10. The number of carbonyl (C=O) groups is 1. The van der Waals surface area contributed by atoms with E-state index >= 15 is 0 Å². The van der Waals surface area contributed by atoms with E-state index < -0.39 is 0 Å². The van der Waals surface area contributed by atoms with Gasteiger partial charge in [0.15, 0.2) is 10.9 Å². The largest absolute Gasteiger partial charge is 0.365 e. The number of aromatic nitrogens is 1. The van der Waals surface area contributed by atoms with Gasteiger partial charge in [0, 0.05) is 7.05 Å². The fourth-order valence-electron chi connectivity index (χ4n) is 1.55. The molecule has 1 atom stereocenters. The Hall–Kier alpha value is -0.940. The van der Waals surface area contributed by atoms with Crippen LogP contribution in [-0.4, -0.2) is 36.8 Å². The molecule has 0 aliphatic heterocycles. The van der Waals surface area contributed by atoms with E-state index in [4.69, 9.17) is 0 Å². The molecule has 0 aliphatic rings. The Morgan fingerprint density at radius 2 is 2.13 bits per heavy atom. The lowest BCUT2D eigenvalue weighted by Crippen LogP contribution is -2.25. The minimum atomic E-state index is -0.176. The van der Waals surface area contributed by atoms with Crippen molar-refractivity contribution in [2.24, 2.45) is 0 Å². The van der Waals surface area contributed by atoms with Crippen LogP contribution < -0.4 is 5.32 Å². The second-order valence-corrected chi connectivity index (χ2v) is 4.73. The summed E-state index contributed by atoms with van der Waals surface area (Å²) in [5, 5.41) is 3.86. The monoisotopic (exact) mass is 227 g/mol. The molecule has 1 aromatic rings. The predicted octanol–water partition coefficient (Wildman–Crippen LogP) is 1.68. The normalized spacial score (nSPS) is 12.9. The van der Waals surface area contributed by atoms with Gasteiger partial charge in [0.05, 0.1) is 10.6 Å². The van der Waals surface area contributed by atoms with Crippen LogP contribution in [0.2, 0.25) is 0 Å². The third kappa shape index (κ3) is 2.54. The molecule has 0 radical (unpaired) electrons. The average Bonchev–Trinajstić information content (AvgIpc) is 2.46. The van der Waals surface area contributed by atoms with Crippen LogP contribution in [0.15, 0.2) is 0 Å². The number of Topliss-reactive ketones (excluding diaryl/α,β-unsaturated/α-hetero) is 1. The second-order valence-electron chi connectivity index (χ2n) is 3.70. The Kier molecular flexibility index (Phi) is 3.82. The van der Waals surface area contributed by atoms with Crippen LogP contribution in [0.4, 0.5) is 5.13 Å². The summed E-state index contributed by atoms with van der Waals surface area (Å²) < 4.78 is 0. The number of aryl methyl sites for hydroxylation is 1. The molecule has 0 saturated carbocycles. The lowest BCUT2D eigenvalue weighted by molar-refractivity contribution is -0.121. The number of thiazole rings is 1. The third-order valence-electron chi connectivity index (χ3n) is 2.20. The smallest absolute Gasteiger partial charge is 0.182 e. The van der Waals surface area contributed by atoms with Crippen molar-refractivity contribution < 1.29 is 4.79 Å². The Morgan fingerprint density at radius 1 is 1.53 bits per heavy atom. The minimum Gasteiger partial charge on any atom is -0.365 e. The molecule has 5 heteroatoms.